The Balaban J connectivity index is 1.36. The van der Waals surface area contributed by atoms with Gasteiger partial charge in [-0.05, 0) is 58.3 Å². The molecule has 0 bridgehead atoms. The van der Waals surface area contributed by atoms with Crippen LogP contribution in [0.1, 0.15) is 57.1 Å². The molecule has 0 fully saturated rings. The zero-order chi connectivity index (χ0) is 17.6. The molecule has 1 aliphatic heterocycles. The second-order valence-corrected chi connectivity index (χ2v) is 7.46. The van der Waals surface area contributed by atoms with Crippen molar-refractivity contribution in [1.29, 1.82) is 0 Å². The highest BCUT2D eigenvalue weighted by molar-refractivity contribution is 5.81. The van der Waals surface area contributed by atoms with Crippen LogP contribution < -0.4 is 10.6 Å². The van der Waals surface area contributed by atoms with Crippen LogP contribution in [0.15, 0.2) is 11.6 Å². The van der Waals surface area contributed by atoms with Crippen LogP contribution in [-0.2, 0) is 17.8 Å². The maximum absolute atomic E-state index is 12.3. The van der Waals surface area contributed by atoms with Gasteiger partial charge in [0.15, 0.2) is 0 Å². The molecule has 138 valence electrons. The number of fused-ring (bicyclic) bond motifs is 1. The summed E-state index contributed by atoms with van der Waals surface area (Å²) in [7, 11) is 0. The molecule has 1 aromatic heterocycles. The number of carbonyl (C=O) groups is 1. The first-order valence-corrected chi connectivity index (χ1v) is 9.71. The number of carbonyl (C=O) groups excluding carboxylic acids is 1. The highest BCUT2D eigenvalue weighted by atomic mass is 16.2. The SMILES string of the molecule is Cc1nnc2n1CC(CNC(C)C(=O)NCCC1=CCCCC1)CC2. The first-order valence-electron chi connectivity index (χ1n) is 9.71. The topological polar surface area (TPSA) is 71.8 Å². The molecule has 0 saturated carbocycles. The lowest BCUT2D eigenvalue weighted by atomic mass is 9.97. The molecule has 2 unspecified atom stereocenters. The van der Waals surface area contributed by atoms with E-state index >= 15 is 0 Å². The standard InChI is InChI=1S/C19H31N5O/c1-14(19(25)20-11-10-16-6-4-3-5-7-16)21-12-17-8-9-18-23-22-15(2)24(18)13-17/h6,14,17,21H,3-5,7-13H2,1-2H3,(H,20,25). The third-order valence-electron chi connectivity index (χ3n) is 5.47. The van der Waals surface area contributed by atoms with Crippen molar-refractivity contribution in [1.82, 2.24) is 25.4 Å². The van der Waals surface area contributed by atoms with Gasteiger partial charge in [-0.2, -0.15) is 0 Å². The molecule has 1 aromatic rings. The molecular weight excluding hydrogens is 314 g/mol. The Morgan fingerprint density at radius 1 is 1.36 bits per heavy atom. The molecule has 3 rings (SSSR count). The maximum atomic E-state index is 12.3. The fraction of sp³-hybridized carbons (Fsp3) is 0.737. The number of nitrogens with zero attached hydrogens (tertiary/aromatic N) is 3. The number of aromatic nitrogens is 3. The summed E-state index contributed by atoms with van der Waals surface area (Å²) >= 11 is 0. The van der Waals surface area contributed by atoms with Gasteiger partial charge in [-0.25, -0.2) is 0 Å². The fourth-order valence-corrected chi connectivity index (χ4v) is 3.76. The summed E-state index contributed by atoms with van der Waals surface area (Å²) in [6.07, 6.45) is 10.4. The lowest BCUT2D eigenvalue weighted by Crippen LogP contribution is -2.45. The number of allylic oxidation sites excluding steroid dienone is 1. The molecule has 2 N–H and O–H groups in total. The molecule has 6 nitrogen and oxygen atoms in total. The minimum Gasteiger partial charge on any atom is -0.354 e. The quantitative estimate of drug-likeness (QED) is 0.743. The average molecular weight is 345 g/mol. The summed E-state index contributed by atoms with van der Waals surface area (Å²) in [6, 6.07) is -0.149. The van der Waals surface area contributed by atoms with E-state index in [2.05, 4.69) is 31.5 Å². The monoisotopic (exact) mass is 345 g/mol. The number of hydrogen-bond donors (Lipinski definition) is 2. The molecule has 2 heterocycles. The second kappa shape index (κ2) is 8.61. The summed E-state index contributed by atoms with van der Waals surface area (Å²) in [6.45, 7) is 6.52. The molecule has 2 aliphatic rings. The molecule has 6 heteroatoms. The molecule has 0 aromatic carbocycles. The van der Waals surface area contributed by atoms with Crippen molar-refractivity contribution in [3.8, 4) is 0 Å². The summed E-state index contributed by atoms with van der Waals surface area (Å²) in [4.78, 5) is 12.3. The predicted octanol–water partition coefficient (Wildman–Crippen LogP) is 2.13. The Labute approximate surface area is 150 Å². The van der Waals surface area contributed by atoms with Crippen LogP contribution >= 0.6 is 0 Å². The van der Waals surface area contributed by atoms with Crippen molar-refractivity contribution in [2.45, 2.75) is 71.4 Å². The van der Waals surface area contributed by atoms with E-state index in [9.17, 15) is 4.79 Å². The van der Waals surface area contributed by atoms with Gasteiger partial charge in [-0.3, -0.25) is 4.79 Å². The molecule has 0 spiro atoms. The Bertz CT molecular complexity index is 621. The summed E-state index contributed by atoms with van der Waals surface area (Å²) in [5, 5.41) is 14.8. The van der Waals surface area contributed by atoms with E-state index in [0.717, 1.165) is 50.5 Å². The van der Waals surface area contributed by atoms with Gasteiger partial charge in [-0.1, -0.05) is 11.6 Å². The van der Waals surface area contributed by atoms with Gasteiger partial charge in [-0.15, -0.1) is 10.2 Å². The normalized spacial score (nSPS) is 21.4. The van der Waals surface area contributed by atoms with Gasteiger partial charge < -0.3 is 15.2 Å². The van der Waals surface area contributed by atoms with Crippen LogP contribution in [0.5, 0.6) is 0 Å². The molecular formula is C19H31N5O. The zero-order valence-electron chi connectivity index (χ0n) is 15.6. The average Bonchev–Trinajstić information content (AvgIpc) is 3.01. The number of nitrogens with one attached hydrogen (secondary N) is 2. The van der Waals surface area contributed by atoms with E-state index in [0.29, 0.717) is 5.92 Å². The number of hydrogen-bond acceptors (Lipinski definition) is 4. The number of amides is 1. The van der Waals surface area contributed by atoms with Crippen LogP contribution in [0.3, 0.4) is 0 Å². The van der Waals surface area contributed by atoms with Crippen molar-refractivity contribution in [3.05, 3.63) is 23.3 Å². The van der Waals surface area contributed by atoms with Gasteiger partial charge in [0.05, 0.1) is 6.04 Å². The lowest BCUT2D eigenvalue weighted by molar-refractivity contribution is -0.122. The molecule has 25 heavy (non-hydrogen) atoms. The van der Waals surface area contributed by atoms with E-state index in [1.54, 1.807) is 0 Å². The van der Waals surface area contributed by atoms with Crippen molar-refractivity contribution in [2.75, 3.05) is 13.1 Å². The summed E-state index contributed by atoms with van der Waals surface area (Å²) < 4.78 is 2.21. The molecule has 1 aliphatic carbocycles. The first kappa shape index (κ1) is 18.1. The van der Waals surface area contributed by atoms with Gasteiger partial charge in [0.2, 0.25) is 5.91 Å². The third kappa shape index (κ3) is 4.91. The van der Waals surface area contributed by atoms with Gasteiger partial charge >= 0.3 is 0 Å². The fourth-order valence-electron chi connectivity index (χ4n) is 3.76. The predicted molar refractivity (Wildman–Crippen MR) is 98.2 cm³/mol. The molecule has 2 atom stereocenters. The van der Waals surface area contributed by atoms with E-state index in [1.807, 2.05) is 13.8 Å². The van der Waals surface area contributed by atoms with Crippen LogP contribution in [0.4, 0.5) is 0 Å². The number of aryl methyl sites for hydroxylation is 2. The minimum atomic E-state index is -0.149. The highest BCUT2D eigenvalue weighted by Crippen LogP contribution is 2.20. The largest absolute Gasteiger partial charge is 0.354 e. The van der Waals surface area contributed by atoms with Gasteiger partial charge in [0.25, 0.3) is 0 Å². The smallest absolute Gasteiger partial charge is 0.236 e. The zero-order valence-corrected chi connectivity index (χ0v) is 15.6. The maximum Gasteiger partial charge on any atom is 0.236 e. The van der Waals surface area contributed by atoms with E-state index in [-0.39, 0.29) is 11.9 Å². The van der Waals surface area contributed by atoms with Crippen molar-refractivity contribution in [3.63, 3.8) is 0 Å². The summed E-state index contributed by atoms with van der Waals surface area (Å²) in [5.41, 5.74) is 1.51. The molecule has 1 amide bonds. The van der Waals surface area contributed by atoms with Gasteiger partial charge in [0.1, 0.15) is 11.6 Å². The van der Waals surface area contributed by atoms with E-state index in [1.165, 1.54) is 31.3 Å². The lowest BCUT2D eigenvalue weighted by Gasteiger charge is -2.25. The highest BCUT2D eigenvalue weighted by Gasteiger charge is 2.22. The van der Waals surface area contributed by atoms with Crippen LogP contribution in [0.2, 0.25) is 0 Å². The minimum absolute atomic E-state index is 0.105. The Kier molecular flexibility index (Phi) is 6.24. The Hall–Kier alpha value is -1.69. The van der Waals surface area contributed by atoms with Crippen LogP contribution in [0.25, 0.3) is 0 Å². The van der Waals surface area contributed by atoms with E-state index in [4.69, 9.17) is 0 Å². The third-order valence-corrected chi connectivity index (χ3v) is 5.47. The first-order chi connectivity index (χ1) is 12.1. The van der Waals surface area contributed by atoms with Crippen LogP contribution in [0, 0.1) is 12.8 Å². The van der Waals surface area contributed by atoms with Crippen molar-refractivity contribution < 1.29 is 4.79 Å². The Morgan fingerprint density at radius 2 is 2.24 bits per heavy atom. The van der Waals surface area contributed by atoms with Crippen molar-refractivity contribution in [2.24, 2.45) is 5.92 Å². The Morgan fingerprint density at radius 3 is 3.04 bits per heavy atom. The van der Waals surface area contributed by atoms with Crippen LogP contribution in [-0.4, -0.2) is 39.8 Å². The van der Waals surface area contributed by atoms with Gasteiger partial charge in [0, 0.05) is 26.1 Å². The second-order valence-electron chi connectivity index (χ2n) is 7.46. The summed E-state index contributed by atoms with van der Waals surface area (Å²) in [5.74, 6) is 2.72. The van der Waals surface area contributed by atoms with E-state index < -0.39 is 0 Å². The van der Waals surface area contributed by atoms with Crippen molar-refractivity contribution >= 4 is 5.91 Å². The molecule has 0 saturated heterocycles. The molecule has 0 radical (unpaired) electrons. The number of rotatable bonds is 7.